The van der Waals surface area contributed by atoms with E-state index in [1.165, 1.54) is 25.3 Å². The molecule has 10 heteroatoms. The Morgan fingerprint density at radius 1 is 1.06 bits per heavy atom. The predicted molar refractivity (Wildman–Crippen MR) is 106 cm³/mol. The van der Waals surface area contributed by atoms with Crippen molar-refractivity contribution >= 4 is 22.2 Å². The van der Waals surface area contributed by atoms with E-state index in [1.807, 2.05) is 12.1 Å². The van der Waals surface area contributed by atoms with E-state index in [0.29, 0.717) is 0 Å². The number of fused-ring (bicyclic) bond motifs is 1. The zero-order valence-corrected chi connectivity index (χ0v) is 17.2. The lowest BCUT2D eigenvalue weighted by molar-refractivity contribution is -0.137. The number of carbonyl (C=O) groups excluding carboxylic acids is 1. The summed E-state index contributed by atoms with van der Waals surface area (Å²) in [6.07, 6.45) is -5.39. The third-order valence-electron chi connectivity index (χ3n) is 4.43. The van der Waals surface area contributed by atoms with E-state index >= 15 is 0 Å². The third kappa shape index (κ3) is 6.00. The zero-order valence-electron chi connectivity index (χ0n) is 16.4. The number of halogens is 3. The number of carbonyl (C=O) groups is 1. The highest BCUT2D eigenvalue weighted by Gasteiger charge is 2.32. The van der Waals surface area contributed by atoms with Crippen molar-refractivity contribution in [3.05, 3.63) is 65.2 Å². The lowest BCUT2D eigenvalue weighted by atomic mass is 10.1. The molecule has 0 saturated carbocycles. The van der Waals surface area contributed by atoms with Crippen LogP contribution in [-0.4, -0.2) is 33.4 Å². The molecule has 0 N–H and O–H groups in total. The average molecular weight is 456 g/mol. The second-order valence-corrected chi connectivity index (χ2v) is 8.45. The Morgan fingerprint density at radius 3 is 2.48 bits per heavy atom. The molecule has 6 nitrogen and oxygen atoms in total. The maximum absolute atomic E-state index is 12.2. The van der Waals surface area contributed by atoms with Crippen LogP contribution in [0.2, 0.25) is 0 Å². The molecule has 0 aromatic heterocycles. The molecule has 2 aromatic rings. The molecule has 1 atom stereocenters. The van der Waals surface area contributed by atoms with Crippen molar-refractivity contribution in [2.24, 2.45) is 0 Å². The van der Waals surface area contributed by atoms with Gasteiger partial charge in [0.1, 0.15) is 11.5 Å². The summed E-state index contributed by atoms with van der Waals surface area (Å²) in [5.41, 5.74) is 1.79. The second-order valence-electron chi connectivity index (χ2n) is 6.76. The predicted octanol–water partition coefficient (Wildman–Crippen LogP) is 4.43. The van der Waals surface area contributed by atoms with Gasteiger partial charge in [-0.2, -0.15) is 21.6 Å². The van der Waals surface area contributed by atoms with Crippen LogP contribution in [0.4, 0.5) is 13.2 Å². The number of methoxy groups -OCH3 is 1. The van der Waals surface area contributed by atoms with Crippen LogP contribution in [0.15, 0.2) is 54.1 Å². The summed E-state index contributed by atoms with van der Waals surface area (Å²) >= 11 is 0. The number of alkyl halides is 3. The van der Waals surface area contributed by atoms with Crippen LogP contribution in [-0.2, 0) is 19.6 Å². The molecular formula is C21H19F3O6S. The molecule has 2 aromatic carbocycles. The van der Waals surface area contributed by atoms with Gasteiger partial charge in [0.25, 0.3) is 0 Å². The molecule has 1 aliphatic rings. The molecule has 166 valence electrons. The van der Waals surface area contributed by atoms with Crippen molar-refractivity contribution in [1.29, 1.82) is 0 Å². The van der Waals surface area contributed by atoms with Gasteiger partial charge >= 0.3 is 22.3 Å². The summed E-state index contributed by atoms with van der Waals surface area (Å²) < 4.78 is 76.3. The molecule has 3 rings (SSSR count). The van der Waals surface area contributed by atoms with Crippen molar-refractivity contribution in [3.63, 3.8) is 0 Å². The minimum absolute atomic E-state index is 0.112. The molecule has 0 fully saturated rings. The van der Waals surface area contributed by atoms with Gasteiger partial charge in [0.2, 0.25) is 0 Å². The minimum Gasteiger partial charge on any atom is -0.481 e. The fraction of sp³-hybridized carbons (Fsp3) is 0.286. The molecule has 1 unspecified atom stereocenters. The summed E-state index contributed by atoms with van der Waals surface area (Å²) in [4.78, 5) is 12.2. The van der Waals surface area contributed by atoms with Gasteiger partial charge in [-0.05, 0) is 30.2 Å². The number of hydrogen-bond acceptors (Lipinski definition) is 6. The summed E-state index contributed by atoms with van der Waals surface area (Å²) in [5, 5.41) is 0. The molecular weight excluding hydrogens is 437 g/mol. The second kappa shape index (κ2) is 9.01. The molecule has 0 radical (unpaired) electrons. The maximum atomic E-state index is 12.2. The Labute approximate surface area is 177 Å². The normalized spacial score (nSPS) is 15.7. The molecule has 1 aliphatic carbocycles. The van der Waals surface area contributed by atoms with Crippen LogP contribution in [0.5, 0.6) is 11.5 Å². The standard InChI is InChI=1S/C21H19F3O6S/c1-28-20(25)18-12-14-6-2-3-9-17(14)19(18)29-15-7-4-8-16(13-15)30-31(26,27)11-5-10-21(22,23)24/h2-4,6-9,12-13,19H,5,10-11H2,1H3. The van der Waals surface area contributed by atoms with Gasteiger partial charge in [-0.15, -0.1) is 0 Å². The fourth-order valence-corrected chi connectivity index (χ4v) is 4.05. The van der Waals surface area contributed by atoms with Gasteiger partial charge < -0.3 is 13.7 Å². The molecule has 0 bridgehead atoms. The Bertz CT molecular complexity index is 1090. The highest BCUT2D eigenvalue weighted by atomic mass is 32.2. The van der Waals surface area contributed by atoms with Gasteiger partial charge in [-0.1, -0.05) is 30.3 Å². The number of rotatable bonds is 8. The van der Waals surface area contributed by atoms with Crippen molar-refractivity contribution < 1.29 is 40.0 Å². The largest absolute Gasteiger partial charge is 0.481 e. The first-order valence-electron chi connectivity index (χ1n) is 9.22. The SMILES string of the molecule is COC(=O)C1=Cc2ccccc2C1Oc1cccc(OS(=O)(=O)CCCC(F)(F)F)c1. The lowest BCUT2D eigenvalue weighted by Crippen LogP contribution is -2.17. The van der Waals surface area contributed by atoms with Crippen molar-refractivity contribution in [3.8, 4) is 11.5 Å². The van der Waals surface area contributed by atoms with Gasteiger partial charge in [0.05, 0.1) is 18.4 Å². The topological polar surface area (TPSA) is 78.9 Å². The maximum Gasteiger partial charge on any atom is 0.389 e. The first kappa shape index (κ1) is 22.7. The van der Waals surface area contributed by atoms with Gasteiger partial charge in [-0.3, -0.25) is 0 Å². The average Bonchev–Trinajstić information content (AvgIpc) is 3.04. The van der Waals surface area contributed by atoms with Crippen LogP contribution in [0, 0.1) is 0 Å². The van der Waals surface area contributed by atoms with Crippen LogP contribution in [0.3, 0.4) is 0 Å². The monoisotopic (exact) mass is 456 g/mol. The smallest absolute Gasteiger partial charge is 0.389 e. The van der Waals surface area contributed by atoms with E-state index in [2.05, 4.69) is 0 Å². The molecule has 0 heterocycles. The van der Waals surface area contributed by atoms with Gasteiger partial charge in [-0.25, -0.2) is 4.79 Å². The third-order valence-corrected chi connectivity index (χ3v) is 5.67. The van der Waals surface area contributed by atoms with Crippen LogP contribution in [0.25, 0.3) is 6.08 Å². The minimum atomic E-state index is -4.44. The summed E-state index contributed by atoms with van der Waals surface area (Å²) in [6, 6.07) is 12.8. The Kier molecular flexibility index (Phi) is 6.59. The summed E-state index contributed by atoms with van der Waals surface area (Å²) in [6.45, 7) is 0. The molecule has 0 amide bonds. The van der Waals surface area contributed by atoms with Crippen LogP contribution in [0.1, 0.15) is 30.1 Å². The van der Waals surface area contributed by atoms with E-state index in [-0.39, 0.29) is 17.1 Å². The Hall–Kier alpha value is -3.01. The van der Waals surface area contributed by atoms with E-state index in [1.54, 1.807) is 24.3 Å². The van der Waals surface area contributed by atoms with Crippen LogP contribution >= 0.6 is 0 Å². The number of esters is 1. The van der Waals surface area contributed by atoms with E-state index in [9.17, 15) is 26.4 Å². The molecule has 0 aliphatic heterocycles. The highest BCUT2D eigenvalue weighted by Crippen LogP contribution is 2.39. The van der Waals surface area contributed by atoms with Crippen molar-refractivity contribution in [2.45, 2.75) is 25.1 Å². The van der Waals surface area contributed by atoms with Crippen molar-refractivity contribution in [2.75, 3.05) is 12.9 Å². The lowest BCUT2D eigenvalue weighted by Gasteiger charge is -2.18. The summed E-state index contributed by atoms with van der Waals surface area (Å²) in [7, 11) is -2.97. The highest BCUT2D eigenvalue weighted by molar-refractivity contribution is 7.87. The van der Waals surface area contributed by atoms with Gasteiger partial charge in [0.15, 0.2) is 6.10 Å². The first-order valence-corrected chi connectivity index (χ1v) is 10.8. The van der Waals surface area contributed by atoms with E-state index in [0.717, 1.165) is 11.1 Å². The molecule has 0 spiro atoms. The van der Waals surface area contributed by atoms with E-state index < -0.39 is 47.0 Å². The molecule has 31 heavy (non-hydrogen) atoms. The van der Waals surface area contributed by atoms with E-state index in [4.69, 9.17) is 13.7 Å². The fourth-order valence-electron chi connectivity index (χ4n) is 3.08. The number of hydrogen-bond donors (Lipinski definition) is 0. The van der Waals surface area contributed by atoms with Crippen molar-refractivity contribution in [1.82, 2.24) is 0 Å². The number of ether oxygens (including phenoxy) is 2. The van der Waals surface area contributed by atoms with Crippen LogP contribution < -0.4 is 8.92 Å². The Balaban J connectivity index is 1.74. The quantitative estimate of drug-likeness (QED) is 0.432. The number of benzene rings is 2. The Morgan fingerprint density at radius 2 is 1.77 bits per heavy atom. The zero-order chi connectivity index (χ0) is 22.6. The first-order chi connectivity index (χ1) is 14.6. The molecule has 0 saturated heterocycles. The van der Waals surface area contributed by atoms with Gasteiger partial charge in [0, 0.05) is 18.1 Å². The summed E-state index contributed by atoms with van der Waals surface area (Å²) in [5.74, 6) is -1.25.